The molecule has 5 heteroatoms. The Balaban J connectivity index is 2.31. The van der Waals surface area contributed by atoms with Gasteiger partial charge < -0.3 is 14.8 Å². The van der Waals surface area contributed by atoms with Crippen molar-refractivity contribution < 1.29 is 14.3 Å². The lowest BCUT2D eigenvalue weighted by atomic mass is 10.1. The van der Waals surface area contributed by atoms with Crippen molar-refractivity contribution in [2.75, 3.05) is 19.0 Å². The predicted molar refractivity (Wildman–Crippen MR) is 97.6 cm³/mol. The molecular formula is C20H20N2O3. The second-order valence-corrected chi connectivity index (χ2v) is 5.30. The van der Waals surface area contributed by atoms with Crippen molar-refractivity contribution in [3.05, 3.63) is 59.2 Å². The Kier molecular flexibility index (Phi) is 6.19. The fraction of sp³-hybridized carbons (Fsp3) is 0.200. The molecule has 0 bridgehead atoms. The van der Waals surface area contributed by atoms with Crippen LogP contribution in [0.1, 0.15) is 18.1 Å². The van der Waals surface area contributed by atoms with Crippen LogP contribution in [-0.2, 0) is 4.79 Å². The quantitative estimate of drug-likeness (QED) is 0.640. The largest absolute Gasteiger partial charge is 0.495 e. The van der Waals surface area contributed by atoms with E-state index in [1.807, 2.05) is 38.1 Å². The fourth-order valence-corrected chi connectivity index (χ4v) is 2.30. The minimum Gasteiger partial charge on any atom is -0.495 e. The van der Waals surface area contributed by atoms with Crippen LogP contribution in [0.4, 0.5) is 5.69 Å². The number of hydrogen-bond acceptors (Lipinski definition) is 4. The van der Waals surface area contributed by atoms with Crippen LogP contribution in [-0.4, -0.2) is 19.6 Å². The third kappa shape index (κ3) is 4.61. The number of nitrogens with one attached hydrogen (secondary N) is 1. The van der Waals surface area contributed by atoms with Gasteiger partial charge in [0.2, 0.25) is 0 Å². The number of nitrogens with zero attached hydrogens (tertiary/aromatic N) is 1. The van der Waals surface area contributed by atoms with Crippen molar-refractivity contribution in [2.45, 2.75) is 13.8 Å². The van der Waals surface area contributed by atoms with Crippen LogP contribution in [0.15, 0.2) is 48.0 Å². The molecule has 0 atom stereocenters. The Morgan fingerprint density at radius 2 is 2.00 bits per heavy atom. The van der Waals surface area contributed by atoms with Gasteiger partial charge in [0.25, 0.3) is 5.91 Å². The highest BCUT2D eigenvalue weighted by molar-refractivity contribution is 6.10. The third-order valence-corrected chi connectivity index (χ3v) is 3.49. The molecule has 0 saturated heterocycles. The molecule has 1 amide bonds. The Labute approximate surface area is 147 Å². The zero-order valence-electron chi connectivity index (χ0n) is 14.5. The average Bonchev–Trinajstić information content (AvgIpc) is 2.61. The van der Waals surface area contributed by atoms with Gasteiger partial charge in [-0.3, -0.25) is 4.79 Å². The summed E-state index contributed by atoms with van der Waals surface area (Å²) < 4.78 is 10.8. The first-order chi connectivity index (χ1) is 12.1. The van der Waals surface area contributed by atoms with Crippen LogP contribution in [0.2, 0.25) is 0 Å². The molecule has 2 rings (SSSR count). The van der Waals surface area contributed by atoms with Crippen molar-refractivity contribution in [3.8, 4) is 17.6 Å². The highest BCUT2D eigenvalue weighted by Gasteiger charge is 2.13. The summed E-state index contributed by atoms with van der Waals surface area (Å²) in [4.78, 5) is 12.5. The van der Waals surface area contributed by atoms with E-state index < -0.39 is 5.91 Å². The second-order valence-electron chi connectivity index (χ2n) is 5.30. The smallest absolute Gasteiger partial charge is 0.266 e. The number of amides is 1. The van der Waals surface area contributed by atoms with Gasteiger partial charge in [0, 0.05) is 5.56 Å². The molecule has 25 heavy (non-hydrogen) atoms. The molecule has 0 radical (unpaired) electrons. The summed E-state index contributed by atoms with van der Waals surface area (Å²) in [5.74, 6) is 0.655. The Morgan fingerprint density at radius 3 is 2.68 bits per heavy atom. The summed E-state index contributed by atoms with van der Waals surface area (Å²) in [6, 6.07) is 14.6. The highest BCUT2D eigenvalue weighted by Crippen LogP contribution is 2.26. The maximum absolute atomic E-state index is 12.5. The van der Waals surface area contributed by atoms with Gasteiger partial charge in [-0.2, -0.15) is 5.26 Å². The summed E-state index contributed by atoms with van der Waals surface area (Å²) in [7, 11) is 1.53. The molecule has 2 aromatic rings. The van der Waals surface area contributed by atoms with Gasteiger partial charge >= 0.3 is 0 Å². The normalized spacial score (nSPS) is 10.7. The number of carbonyl (C=O) groups is 1. The van der Waals surface area contributed by atoms with Crippen molar-refractivity contribution in [2.24, 2.45) is 0 Å². The van der Waals surface area contributed by atoms with Crippen LogP contribution in [0, 0.1) is 18.3 Å². The summed E-state index contributed by atoms with van der Waals surface area (Å²) in [6.45, 7) is 4.29. The molecule has 1 N–H and O–H groups in total. The molecule has 0 aliphatic rings. The predicted octanol–water partition coefficient (Wildman–Crippen LogP) is 3.95. The van der Waals surface area contributed by atoms with E-state index in [0.29, 0.717) is 29.4 Å². The molecule has 0 aliphatic heterocycles. The molecule has 0 saturated carbocycles. The molecule has 0 heterocycles. The maximum Gasteiger partial charge on any atom is 0.266 e. The first-order valence-electron chi connectivity index (χ1n) is 7.88. The summed E-state index contributed by atoms with van der Waals surface area (Å²) >= 11 is 0. The highest BCUT2D eigenvalue weighted by atomic mass is 16.5. The number of ether oxygens (including phenoxy) is 2. The Hall–Kier alpha value is -3.26. The van der Waals surface area contributed by atoms with Crippen LogP contribution in [0.3, 0.4) is 0 Å². The summed E-state index contributed by atoms with van der Waals surface area (Å²) in [5.41, 5.74) is 2.15. The van der Waals surface area contributed by atoms with Crippen LogP contribution in [0.5, 0.6) is 11.5 Å². The number of hydrogen-bond donors (Lipinski definition) is 1. The van der Waals surface area contributed by atoms with E-state index in [-0.39, 0.29) is 5.57 Å². The SMILES string of the molecule is CCOc1ccccc1/C=C(\C#N)C(=O)Nc1cc(C)ccc1OC. The van der Waals surface area contributed by atoms with E-state index in [9.17, 15) is 10.1 Å². The molecule has 0 spiro atoms. The molecule has 5 nitrogen and oxygen atoms in total. The van der Waals surface area contributed by atoms with Gasteiger partial charge in [-0.15, -0.1) is 0 Å². The second kappa shape index (κ2) is 8.55. The summed E-state index contributed by atoms with van der Waals surface area (Å²) in [5, 5.41) is 12.1. The molecule has 128 valence electrons. The molecule has 0 aliphatic carbocycles. The topological polar surface area (TPSA) is 71.3 Å². The van der Waals surface area contributed by atoms with Gasteiger partial charge in [-0.1, -0.05) is 24.3 Å². The van der Waals surface area contributed by atoms with Gasteiger partial charge in [0.1, 0.15) is 23.1 Å². The van der Waals surface area contributed by atoms with Crippen molar-refractivity contribution in [1.29, 1.82) is 5.26 Å². The van der Waals surface area contributed by atoms with Gasteiger partial charge in [0.15, 0.2) is 0 Å². The van der Waals surface area contributed by atoms with E-state index in [2.05, 4.69) is 5.32 Å². The minimum absolute atomic E-state index is 0.0179. The Bertz CT molecular complexity index is 835. The molecule has 2 aromatic carbocycles. The lowest BCUT2D eigenvalue weighted by Gasteiger charge is -2.11. The van der Waals surface area contributed by atoms with E-state index in [1.54, 1.807) is 24.3 Å². The standard InChI is InChI=1S/C20H20N2O3/c1-4-25-18-8-6-5-7-15(18)12-16(13-21)20(23)22-17-11-14(2)9-10-19(17)24-3/h5-12H,4H2,1-3H3,(H,22,23)/b16-12+. The van der Waals surface area contributed by atoms with Gasteiger partial charge in [-0.05, 0) is 43.7 Å². The van der Waals surface area contributed by atoms with Crippen molar-refractivity contribution in [1.82, 2.24) is 0 Å². The van der Waals surface area contributed by atoms with Crippen molar-refractivity contribution >= 4 is 17.7 Å². The van der Waals surface area contributed by atoms with E-state index in [1.165, 1.54) is 13.2 Å². The van der Waals surface area contributed by atoms with E-state index in [4.69, 9.17) is 9.47 Å². The fourth-order valence-electron chi connectivity index (χ4n) is 2.30. The Morgan fingerprint density at radius 1 is 1.24 bits per heavy atom. The molecular weight excluding hydrogens is 316 g/mol. The third-order valence-electron chi connectivity index (χ3n) is 3.49. The lowest BCUT2D eigenvalue weighted by Crippen LogP contribution is -2.14. The summed E-state index contributed by atoms with van der Waals surface area (Å²) in [6.07, 6.45) is 1.52. The number of aryl methyl sites for hydroxylation is 1. The van der Waals surface area contributed by atoms with Gasteiger partial charge in [0.05, 0.1) is 19.4 Å². The van der Waals surface area contributed by atoms with Gasteiger partial charge in [-0.25, -0.2) is 0 Å². The first-order valence-corrected chi connectivity index (χ1v) is 7.88. The van der Waals surface area contributed by atoms with Crippen LogP contribution in [0.25, 0.3) is 6.08 Å². The molecule has 0 unspecified atom stereocenters. The number of rotatable bonds is 6. The van der Waals surface area contributed by atoms with E-state index >= 15 is 0 Å². The molecule has 0 fully saturated rings. The number of methoxy groups -OCH3 is 1. The number of para-hydroxylation sites is 1. The monoisotopic (exact) mass is 336 g/mol. The maximum atomic E-state index is 12.5. The van der Waals surface area contributed by atoms with Crippen LogP contribution < -0.4 is 14.8 Å². The van der Waals surface area contributed by atoms with Crippen LogP contribution >= 0.6 is 0 Å². The van der Waals surface area contributed by atoms with Crippen molar-refractivity contribution in [3.63, 3.8) is 0 Å². The zero-order chi connectivity index (χ0) is 18.2. The molecule has 0 aromatic heterocycles. The lowest BCUT2D eigenvalue weighted by molar-refractivity contribution is -0.112. The van der Waals surface area contributed by atoms with E-state index in [0.717, 1.165) is 5.56 Å². The minimum atomic E-state index is -0.502. The zero-order valence-corrected chi connectivity index (χ0v) is 14.5. The number of nitriles is 1. The number of benzene rings is 2. The number of carbonyl (C=O) groups excluding carboxylic acids is 1. The number of anilines is 1. The first kappa shape index (κ1) is 18.1. The average molecular weight is 336 g/mol.